The molecule has 0 spiro atoms. The van der Waals surface area contributed by atoms with Gasteiger partial charge < -0.3 is 4.74 Å². The lowest BCUT2D eigenvalue weighted by Gasteiger charge is -2.12. The van der Waals surface area contributed by atoms with E-state index in [-0.39, 0.29) is 5.69 Å². The van der Waals surface area contributed by atoms with E-state index in [1.807, 2.05) is 31.3 Å². The number of rotatable bonds is 3. The molecule has 0 fully saturated rings. The number of benzene rings is 1. The molecule has 4 aromatic rings. The number of nitrogens with zero attached hydrogens (tertiary/aromatic N) is 5. The van der Waals surface area contributed by atoms with Gasteiger partial charge in [-0.25, -0.2) is 4.79 Å². The van der Waals surface area contributed by atoms with E-state index in [1.165, 1.54) is 0 Å². The van der Waals surface area contributed by atoms with E-state index in [1.54, 1.807) is 41.9 Å². The summed E-state index contributed by atoms with van der Waals surface area (Å²) in [5, 5.41) is 0.883. The standard InChI is InChI=1S/C22H19N5O2/c1-13-10-23-7-5-18(13)27-21-16-8-15(14-4-6-24-11-14)20(29-3)9-17(16)25-12-19(21)26(2)22(27)28/h4-5,7-12H,6H2,1-3H3. The van der Waals surface area contributed by atoms with E-state index in [4.69, 9.17) is 4.74 Å². The third kappa shape index (κ3) is 2.51. The first kappa shape index (κ1) is 17.4. The fourth-order valence-corrected chi connectivity index (χ4v) is 3.89. The molecule has 5 rings (SSSR count). The van der Waals surface area contributed by atoms with Crippen molar-refractivity contribution >= 4 is 33.7 Å². The van der Waals surface area contributed by atoms with Crippen LogP contribution in [0, 0.1) is 6.92 Å². The molecule has 0 radical (unpaired) electrons. The number of aryl methyl sites for hydroxylation is 2. The Labute approximate surface area is 166 Å². The minimum absolute atomic E-state index is 0.123. The minimum Gasteiger partial charge on any atom is -0.496 e. The first-order valence-electron chi connectivity index (χ1n) is 9.29. The molecule has 0 N–H and O–H groups in total. The van der Waals surface area contributed by atoms with E-state index in [2.05, 4.69) is 21.0 Å². The van der Waals surface area contributed by atoms with Crippen LogP contribution in [0.25, 0.3) is 33.2 Å². The van der Waals surface area contributed by atoms with Crippen molar-refractivity contribution in [3.05, 3.63) is 64.5 Å². The van der Waals surface area contributed by atoms with Crippen LogP contribution in [0.3, 0.4) is 0 Å². The van der Waals surface area contributed by atoms with Gasteiger partial charge >= 0.3 is 5.69 Å². The van der Waals surface area contributed by atoms with Crippen molar-refractivity contribution in [3.8, 4) is 11.4 Å². The molecule has 0 unspecified atom stereocenters. The Morgan fingerprint density at radius 2 is 2.07 bits per heavy atom. The van der Waals surface area contributed by atoms with Crippen molar-refractivity contribution in [2.75, 3.05) is 13.7 Å². The quantitative estimate of drug-likeness (QED) is 0.543. The number of aliphatic imine (C=N–C) groups is 1. The summed E-state index contributed by atoms with van der Waals surface area (Å²) >= 11 is 0. The number of allylic oxidation sites excluding steroid dienone is 1. The molecule has 0 amide bonds. The van der Waals surface area contributed by atoms with E-state index in [0.29, 0.717) is 6.54 Å². The minimum atomic E-state index is -0.123. The molecule has 0 bridgehead atoms. The zero-order chi connectivity index (χ0) is 20.1. The lowest BCUT2D eigenvalue weighted by molar-refractivity contribution is 0.414. The summed E-state index contributed by atoms with van der Waals surface area (Å²) in [6, 6.07) is 5.82. The molecular weight excluding hydrogens is 366 g/mol. The maximum atomic E-state index is 13.2. The molecule has 144 valence electrons. The second-order valence-corrected chi connectivity index (χ2v) is 7.05. The van der Waals surface area contributed by atoms with E-state index >= 15 is 0 Å². The van der Waals surface area contributed by atoms with E-state index < -0.39 is 0 Å². The Balaban J connectivity index is 1.95. The van der Waals surface area contributed by atoms with Crippen LogP contribution < -0.4 is 10.4 Å². The first-order chi connectivity index (χ1) is 14.1. The fourth-order valence-electron chi connectivity index (χ4n) is 3.89. The van der Waals surface area contributed by atoms with Crippen molar-refractivity contribution in [2.24, 2.45) is 12.0 Å². The van der Waals surface area contributed by atoms with Crippen molar-refractivity contribution in [3.63, 3.8) is 0 Å². The van der Waals surface area contributed by atoms with Crippen LogP contribution in [-0.2, 0) is 7.05 Å². The highest BCUT2D eigenvalue weighted by atomic mass is 16.5. The van der Waals surface area contributed by atoms with Crippen molar-refractivity contribution in [1.29, 1.82) is 0 Å². The van der Waals surface area contributed by atoms with Crippen LogP contribution in [0.1, 0.15) is 11.1 Å². The Kier molecular flexibility index (Phi) is 3.84. The molecule has 0 atom stereocenters. The van der Waals surface area contributed by atoms with Crippen molar-refractivity contribution < 1.29 is 4.74 Å². The van der Waals surface area contributed by atoms with Crippen LogP contribution >= 0.6 is 0 Å². The average Bonchev–Trinajstić information content (AvgIpc) is 3.35. The molecule has 1 aromatic carbocycles. The molecule has 1 aliphatic heterocycles. The number of hydrogen-bond acceptors (Lipinski definition) is 5. The number of imidazole rings is 1. The topological polar surface area (TPSA) is 74.3 Å². The number of hydrogen-bond donors (Lipinski definition) is 0. The number of pyridine rings is 2. The molecule has 0 aliphatic carbocycles. The summed E-state index contributed by atoms with van der Waals surface area (Å²) in [6.07, 6.45) is 9.11. The summed E-state index contributed by atoms with van der Waals surface area (Å²) in [5.41, 5.74) is 5.89. The lowest BCUT2D eigenvalue weighted by Crippen LogP contribution is -2.21. The molecule has 29 heavy (non-hydrogen) atoms. The Hall–Kier alpha value is -3.74. The molecule has 0 saturated carbocycles. The summed E-state index contributed by atoms with van der Waals surface area (Å²) in [7, 11) is 3.41. The fraction of sp³-hybridized carbons (Fsp3) is 0.182. The second-order valence-electron chi connectivity index (χ2n) is 7.05. The molecule has 4 heterocycles. The third-order valence-corrected chi connectivity index (χ3v) is 5.39. The van der Waals surface area contributed by atoms with Gasteiger partial charge in [-0.15, -0.1) is 0 Å². The average molecular weight is 385 g/mol. The largest absolute Gasteiger partial charge is 0.496 e. The molecule has 3 aromatic heterocycles. The summed E-state index contributed by atoms with van der Waals surface area (Å²) in [4.78, 5) is 26.2. The molecule has 7 heteroatoms. The zero-order valence-corrected chi connectivity index (χ0v) is 16.4. The summed E-state index contributed by atoms with van der Waals surface area (Å²) in [6.45, 7) is 2.61. The van der Waals surface area contributed by atoms with Crippen LogP contribution in [0.2, 0.25) is 0 Å². The highest BCUT2D eigenvalue weighted by Gasteiger charge is 2.20. The SMILES string of the molecule is COc1cc2ncc3c(c2cc1C1=CCN=C1)n(-c1ccncc1C)c(=O)n3C. The van der Waals surface area contributed by atoms with Gasteiger partial charge in [-0.1, -0.05) is 6.08 Å². The van der Waals surface area contributed by atoms with Crippen molar-refractivity contribution in [2.45, 2.75) is 6.92 Å². The normalized spacial score (nSPS) is 13.4. The molecule has 7 nitrogen and oxygen atoms in total. The predicted molar refractivity (Wildman–Crippen MR) is 114 cm³/mol. The summed E-state index contributed by atoms with van der Waals surface area (Å²) in [5.74, 6) is 0.730. The van der Waals surface area contributed by atoms with Gasteiger partial charge in [-0.2, -0.15) is 0 Å². The van der Waals surface area contributed by atoms with Crippen LogP contribution in [0.4, 0.5) is 0 Å². The highest BCUT2D eigenvalue weighted by molar-refractivity contribution is 6.15. The number of ether oxygens (including phenoxy) is 1. The van der Waals surface area contributed by atoms with E-state index in [9.17, 15) is 4.79 Å². The van der Waals surface area contributed by atoms with Gasteiger partial charge in [-0.3, -0.25) is 24.1 Å². The lowest BCUT2D eigenvalue weighted by atomic mass is 10.0. The van der Waals surface area contributed by atoms with Crippen LogP contribution in [-0.4, -0.2) is 39.0 Å². The molecule has 0 saturated heterocycles. The number of methoxy groups -OCH3 is 1. The maximum absolute atomic E-state index is 13.2. The Bertz CT molecular complexity index is 1410. The molecular formula is C22H19N5O2. The zero-order valence-electron chi connectivity index (χ0n) is 16.4. The predicted octanol–water partition coefficient (Wildman–Crippen LogP) is 3.06. The number of fused-ring (bicyclic) bond motifs is 3. The Morgan fingerprint density at radius 1 is 1.21 bits per heavy atom. The molecule has 1 aliphatic rings. The second kappa shape index (κ2) is 6.41. The van der Waals surface area contributed by atoms with Gasteiger partial charge in [0.15, 0.2) is 0 Å². The van der Waals surface area contributed by atoms with Gasteiger partial charge in [0.05, 0.1) is 42.1 Å². The van der Waals surface area contributed by atoms with Gasteiger partial charge in [0.2, 0.25) is 0 Å². The smallest absolute Gasteiger partial charge is 0.333 e. The highest BCUT2D eigenvalue weighted by Crippen LogP contribution is 2.34. The summed E-state index contributed by atoms with van der Waals surface area (Å²) < 4.78 is 8.98. The Morgan fingerprint density at radius 3 is 2.79 bits per heavy atom. The monoisotopic (exact) mass is 385 g/mol. The van der Waals surface area contributed by atoms with Crippen LogP contribution in [0.5, 0.6) is 5.75 Å². The van der Waals surface area contributed by atoms with Crippen molar-refractivity contribution in [1.82, 2.24) is 19.1 Å². The number of aromatic nitrogens is 4. The third-order valence-electron chi connectivity index (χ3n) is 5.39. The van der Waals surface area contributed by atoms with Gasteiger partial charge in [0, 0.05) is 48.2 Å². The van der Waals surface area contributed by atoms with Gasteiger partial charge in [0.25, 0.3) is 0 Å². The van der Waals surface area contributed by atoms with Crippen LogP contribution in [0.15, 0.2) is 52.7 Å². The first-order valence-corrected chi connectivity index (χ1v) is 9.29. The van der Waals surface area contributed by atoms with E-state index in [0.717, 1.165) is 50.1 Å². The maximum Gasteiger partial charge on any atom is 0.333 e. The van der Waals surface area contributed by atoms with Gasteiger partial charge in [-0.05, 0) is 24.6 Å². The van der Waals surface area contributed by atoms with Gasteiger partial charge in [0.1, 0.15) is 5.75 Å².